The number of piperidine rings is 1. The molecule has 150 valence electrons. The lowest BCUT2D eigenvalue weighted by molar-refractivity contribution is -0.136. The third-order valence-electron chi connectivity index (χ3n) is 5.29. The molecule has 0 spiro atoms. The molecule has 2 heterocycles. The third kappa shape index (κ3) is 5.66. The number of thiophene rings is 1. The summed E-state index contributed by atoms with van der Waals surface area (Å²) < 4.78 is 0. The fourth-order valence-electron chi connectivity index (χ4n) is 3.51. The first-order valence-electron chi connectivity index (χ1n) is 9.98. The van der Waals surface area contributed by atoms with Crippen LogP contribution in [-0.2, 0) is 9.59 Å². The van der Waals surface area contributed by atoms with E-state index in [9.17, 15) is 9.59 Å². The Kier molecular flexibility index (Phi) is 7.23. The molecule has 3 rings (SSSR count). The second-order valence-corrected chi connectivity index (χ2v) is 8.60. The average molecular weight is 400 g/mol. The van der Waals surface area contributed by atoms with E-state index in [1.807, 2.05) is 35.6 Å². The Bertz CT molecular complexity index is 764. The van der Waals surface area contributed by atoms with Crippen LogP contribution in [0, 0.1) is 0 Å². The van der Waals surface area contributed by atoms with Gasteiger partial charge in [0.1, 0.15) is 0 Å². The Hall–Kier alpha value is -2.18. The van der Waals surface area contributed by atoms with E-state index in [-0.39, 0.29) is 0 Å². The zero-order valence-electron chi connectivity index (χ0n) is 16.6. The van der Waals surface area contributed by atoms with E-state index in [2.05, 4.69) is 46.9 Å². The van der Waals surface area contributed by atoms with E-state index in [1.165, 1.54) is 10.4 Å². The third-order valence-corrected chi connectivity index (χ3v) is 6.32. The predicted octanol–water partition coefficient (Wildman–Crippen LogP) is 3.81. The molecule has 0 saturated carbocycles. The van der Waals surface area contributed by atoms with Crippen molar-refractivity contribution in [2.45, 2.75) is 38.5 Å². The topological polar surface area (TPSA) is 61.4 Å². The molecule has 28 heavy (non-hydrogen) atoms. The molecule has 0 unspecified atom stereocenters. The summed E-state index contributed by atoms with van der Waals surface area (Å²) in [7, 11) is 0. The van der Waals surface area contributed by atoms with Crippen LogP contribution in [-0.4, -0.2) is 42.9 Å². The number of carbonyl (C=O) groups excluding carboxylic acids is 2. The molecule has 2 amide bonds. The molecule has 1 aromatic carbocycles. The molecule has 0 bridgehead atoms. The molecular weight excluding hydrogens is 370 g/mol. The quantitative estimate of drug-likeness (QED) is 0.726. The van der Waals surface area contributed by atoms with Crippen molar-refractivity contribution in [3.63, 3.8) is 0 Å². The van der Waals surface area contributed by atoms with Crippen molar-refractivity contribution < 1.29 is 9.59 Å². The summed E-state index contributed by atoms with van der Waals surface area (Å²) in [6, 6.07) is 11.9. The highest BCUT2D eigenvalue weighted by atomic mass is 32.1. The molecule has 0 radical (unpaired) electrons. The standard InChI is InChI=1S/C22H29N3O2S/c1-16(2)17-5-7-19(8-6-17)24-22(27)21(26)23-11-14-25-12-9-18(10-13-25)20-4-3-15-28-20/h3-8,15-16,18H,9-14H2,1-2H3,(H,23,26)(H,24,27). The number of likely N-dealkylation sites (tertiary alicyclic amines) is 1. The van der Waals surface area contributed by atoms with Gasteiger partial charge in [0.15, 0.2) is 0 Å². The van der Waals surface area contributed by atoms with Crippen LogP contribution in [0.2, 0.25) is 0 Å². The number of hydrogen-bond acceptors (Lipinski definition) is 4. The van der Waals surface area contributed by atoms with Crippen molar-refractivity contribution in [3.05, 3.63) is 52.2 Å². The van der Waals surface area contributed by atoms with Crippen molar-refractivity contribution in [3.8, 4) is 0 Å². The number of nitrogens with zero attached hydrogens (tertiary/aromatic N) is 1. The van der Waals surface area contributed by atoms with E-state index in [1.54, 1.807) is 0 Å². The van der Waals surface area contributed by atoms with Gasteiger partial charge in [-0.2, -0.15) is 0 Å². The number of carbonyl (C=O) groups is 2. The number of nitrogens with one attached hydrogen (secondary N) is 2. The zero-order valence-corrected chi connectivity index (χ0v) is 17.4. The van der Waals surface area contributed by atoms with Gasteiger partial charge >= 0.3 is 11.8 Å². The number of anilines is 1. The highest BCUT2D eigenvalue weighted by molar-refractivity contribution is 7.10. The SMILES string of the molecule is CC(C)c1ccc(NC(=O)C(=O)NCCN2CCC(c3cccs3)CC2)cc1. The molecule has 1 aromatic heterocycles. The van der Waals surface area contributed by atoms with Gasteiger partial charge in [0.05, 0.1) is 0 Å². The first-order chi connectivity index (χ1) is 13.5. The minimum atomic E-state index is -0.617. The molecule has 1 saturated heterocycles. The lowest BCUT2D eigenvalue weighted by Crippen LogP contribution is -2.42. The van der Waals surface area contributed by atoms with Gasteiger partial charge in [-0.15, -0.1) is 11.3 Å². The molecule has 1 aliphatic rings. The second kappa shape index (κ2) is 9.85. The first kappa shape index (κ1) is 20.6. The van der Waals surface area contributed by atoms with Gasteiger partial charge in [0.25, 0.3) is 0 Å². The first-order valence-corrected chi connectivity index (χ1v) is 10.9. The van der Waals surface area contributed by atoms with Gasteiger partial charge in [-0.3, -0.25) is 9.59 Å². The van der Waals surface area contributed by atoms with E-state index >= 15 is 0 Å². The molecule has 6 heteroatoms. The maximum Gasteiger partial charge on any atom is 0.313 e. The number of benzene rings is 1. The molecule has 2 aromatic rings. The Morgan fingerprint density at radius 1 is 1.11 bits per heavy atom. The average Bonchev–Trinajstić information content (AvgIpc) is 3.23. The van der Waals surface area contributed by atoms with Gasteiger partial charge in [-0.05, 0) is 66.9 Å². The van der Waals surface area contributed by atoms with E-state index < -0.39 is 11.8 Å². The summed E-state index contributed by atoms with van der Waals surface area (Å²) in [5.41, 5.74) is 1.84. The lowest BCUT2D eigenvalue weighted by atomic mass is 9.95. The van der Waals surface area contributed by atoms with E-state index in [0.717, 1.165) is 32.5 Å². The van der Waals surface area contributed by atoms with Crippen LogP contribution in [0.5, 0.6) is 0 Å². The molecule has 2 N–H and O–H groups in total. The molecular formula is C22H29N3O2S. The van der Waals surface area contributed by atoms with Gasteiger partial charge in [0.2, 0.25) is 0 Å². The zero-order chi connectivity index (χ0) is 19.9. The maximum atomic E-state index is 12.1. The Morgan fingerprint density at radius 2 is 1.82 bits per heavy atom. The maximum absolute atomic E-state index is 12.1. The van der Waals surface area contributed by atoms with Crippen LogP contribution in [0.25, 0.3) is 0 Å². The van der Waals surface area contributed by atoms with Crippen LogP contribution in [0.3, 0.4) is 0 Å². The van der Waals surface area contributed by atoms with Crippen LogP contribution < -0.4 is 10.6 Å². The highest BCUT2D eigenvalue weighted by Crippen LogP contribution is 2.30. The van der Waals surface area contributed by atoms with Gasteiger partial charge in [-0.1, -0.05) is 32.0 Å². The van der Waals surface area contributed by atoms with Crippen molar-refractivity contribution in [2.75, 3.05) is 31.5 Å². The summed E-state index contributed by atoms with van der Waals surface area (Å²) in [4.78, 5) is 27.9. The van der Waals surface area contributed by atoms with Gasteiger partial charge in [-0.25, -0.2) is 0 Å². The van der Waals surface area contributed by atoms with E-state index in [0.29, 0.717) is 24.1 Å². The number of hydrogen-bond donors (Lipinski definition) is 2. The lowest BCUT2D eigenvalue weighted by Gasteiger charge is -2.31. The van der Waals surface area contributed by atoms with Crippen molar-refractivity contribution in [1.29, 1.82) is 0 Å². The molecule has 0 atom stereocenters. The van der Waals surface area contributed by atoms with Crippen LogP contribution in [0.15, 0.2) is 41.8 Å². The Morgan fingerprint density at radius 3 is 2.43 bits per heavy atom. The summed E-state index contributed by atoms with van der Waals surface area (Å²) in [6.45, 7) is 7.57. The molecule has 1 aliphatic heterocycles. The van der Waals surface area contributed by atoms with Crippen molar-refractivity contribution in [2.24, 2.45) is 0 Å². The normalized spacial score (nSPS) is 15.5. The summed E-state index contributed by atoms with van der Waals surface area (Å²) >= 11 is 1.84. The Labute approximate surface area is 171 Å². The highest BCUT2D eigenvalue weighted by Gasteiger charge is 2.21. The van der Waals surface area contributed by atoms with Crippen LogP contribution in [0.4, 0.5) is 5.69 Å². The molecule has 0 aliphatic carbocycles. The second-order valence-electron chi connectivity index (χ2n) is 7.62. The van der Waals surface area contributed by atoms with E-state index in [4.69, 9.17) is 0 Å². The van der Waals surface area contributed by atoms with Crippen LogP contribution >= 0.6 is 11.3 Å². The number of rotatable bonds is 6. The summed E-state index contributed by atoms with van der Waals surface area (Å²) in [6.07, 6.45) is 2.31. The Balaban J connectivity index is 1.35. The van der Waals surface area contributed by atoms with Crippen molar-refractivity contribution >= 4 is 28.8 Å². The largest absolute Gasteiger partial charge is 0.347 e. The summed E-state index contributed by atoms with van der Waals surface area (Å²) in [5, 5.41) is 7.52. The predicted molar refractivity (Wildman–Crippen MR) is 115 cm³/mol. The fraction of sp³-hybridized carbons (Fsp3) is 0.455. The van der Waals surface area contributed by atoms with Crippen LogP contribution in [0.1, 0.15) is 49.0 Å². The van der Waals surface area contributed by atoms with Crippen molar-refractivity contribution in [1.82, 2.24) is 10.2 Å². The monoisotopic (exact) mass is 399 g/mol. The number of amides is 2. The van der Waals surface area contributed by atoms with Gasteiger partial charge in [0, 0.05) is 23.7 Å². The van der Waals surface area contributed by atoms with Gasteiger partial charge < -0.3 is 15.5 Å². The smallest absolute Gasteiger partial charge is 0.313 e. The summed E-state index contributed by atoms with van der Waals surface area (Å²) in [5.74, 6) is -0.0998. The minimum absolute atomic E-state index is 0.434. The fourth-order valence-corrected chi connectivity index (χ4v) is 4.41. The molecule has 5 nitrogen and oxygen atoms in total. The molecule has 1 fully saturated rings. The minimum Gasteiger partial charge on any atom is -0.347 e.